The summed E-state index contributed by atoms with van der Waals surface area (Å²) >= 11 is 0. The summed E-state index contributed by atoms with van der Waals surface area (Å²) in [7, 11) is 0. The fourth-order valence-corrected chi connectivity index (χ4v) is 1.22. The maximum Gasteiger partial charge on any atom is 0.308 e. The molecule has 0 aliphatic carbocycles. The zero-order chi connectivity index (χ0) is 12.0. The number of benzene rings is 1. The summed E-state index contributed by atoms with van der Waals surface area (Å²) in [6.07, 6.45) is 0. The van der Waals surface area contributed by atoms with Crippen molar-refractivity contribution in [1.82, 2.24) is 0 Å². The molecule has 1 aromatic rings. The van der Waals surface area contributed by atoms with Gasteiger partial charge in [-0.25, -0.2) is 0 Å². The smallest absolute Gasteiger partial charge is 0.308 e. The van der Waals surface area contributed by atoms with Gasteiger partial charge < -0.3 is 9.84 Å². The Kier molecular flexibility index (Phi) is 4.32. The SMILES string of the molecule is CC(=O)Oc1ccc(CO)cc1CN=[N+]=[N-]. The van der Waals surface area contributed by atoms with Crippen LogP contribution in [0.25, 0.3) is 10.4 Å². The minimum atomic E-state index is -0.445. The maximum absolute atomic E-state index is 10.8. The number of esters is 1. The number of carbonyl (C=O) groups excluding carboxylic acids is 1. The number of aliphatic hydroxyl groups is 1. The number of aliphatic hydroxyl groups excluding tert-OH is 1. The Morgan fingerprint density at radius 3 is 2.94 bits per heavy atom. The van der Waals surface area contributed by atoms with Gasteiger partial charge in [-0.1, -0.05) is 11.2 Å². The molecule has 0 atom stereocenters. The van der Waals surface area contributed by atoms with E-state index in [4.69, 9.17) is 15.4 Å². The van der Waals surface area contributed by atoms with Crippen LogP contribution in [-0.2, 0) is 17.9 Å². The van der Waals surface area contributed by atoms with Crippen LogP contribution in [0, 0.1) is 0 Å². The highest BCUT2D eigenvalue weighted by Crippen LogP contribution is 2.21. The molecule has 0 radical (unpaired) electrons. The van der Waals surface area contributed by atoms with Crippen LogP contribution >= 0.6 is 0 Å². The Bertz CT molecular complexity index is 439. The lowest BCUT2D eigenvalue weighted by atomic mass is 10.1. The largest absolute Gasteiger partial charge is 0.426 e. The van der Waals surface area contributed by atoms with Gasteiger partial charge in [0.15, 0.2) is 0 Å². The third-order valence-corrected chi connectivity index (χ3v) is 1.87. The van der Waals surface area contributed by atoms with E-state index in [1.54, 1.807) is 18.2 Å². The first-order chi connectivity index (χ1) is 7.67. The van der Waals surface area contributed by atoms with E-state index in [0.29, 0.717) is 16.9 Å². The highest BCUT2D eigenvalue weighted by Gasteiger charge is 2.06. The Morgan fingerprint density at radius 2 is 2.38 bits per heavy atom. The highest BCUT2D eigenvalue weighted by atomic mass is 16.5. The zero-order valence-electron chi connectivity index (χ0n) is 8.75. The van der Waals surface area contributed by atoms with Gasteiger partial charge in [0.25, 0.3) is 0 Å². The molecule has 84 valence electrons. The van der Waals surface area contributed by atoms with E-state index in [1.807, 2.05) is 0 Å². The molecular weight excluding hydrogens is 210 g/mol. The molecule has 0 bridgehead atoms. The monoisotopic (exact) mass is 221 g/mol. The summed E-state index contributed by atoms with van der Waals surface area (Å²) < 4.78 is 4.94. The number of ether oxygens (including phenoxy) is 1. The van der Waals surface area contributed by atoms with Gasteiger partial charge in [-0.2, -0.15) is 0 Å². The molecule has 0 fully saturated rings. The topological polar surface area (TPSA) is 95.3 Å². The molecule has 0 unspecified atom stereocenters. The summed E-state index contributed by atoms with van der Waals surface area (Å²) in [6.45, 7) is 1.24. The second kappa shape index (κ2) is 5.75. The van der Waals surface area contributed by atoms with E-state index in [9.17, 15) is 4.79 Å². The molecule has 0 aromatic heterocycles. The molecule has 1 rings (SSSR count). The Balaban J connectivity index is 3.04. The van der Waals surface area contributed by atoms with E-state index in [2.05, 4.69) is 10.0 Å². The van der Waals surface area contributed by atoms with E-state index < -0.39 is 5.97 Å². The lowest BCUT2D eigenvalue weighted by Gasteiger charge is -2.08. The van der Waals surface area contributed by atoms with E-state index in [1.165, 1.54) is 6.92 Å². The third kappa shape index (κ3) is 3.27. The summed E-state index contributed by atoms with van der Waals surface area (Å²) in [5.41, 5.74) is 9.46. The lowest BCUT2D eigenvalue weighted by molar-refractivity contribution is -0.131. The van der Waals surface area contributed by atoms with Crippen LogP contribution in [0.15, 0.2) is 23.3 Å². The summed E-state index contributed by atoms with van der Waals surface area (Å²) in [5.74, 6) is -0.101. The standard InChI is InChI=1S/C10H11N3O3/c1-7(15)16-10-3-2-8(6-14)4-9(10)5-12-13-11/h2-4,14H,5-6H2,1H3. The molecule has 0 heterocycles. The summed E-state index contributed by atoms with van der Waals surface area (Å²) in [4.78, 5) is 13.4. The molecule has 0 saturated carbocycles. The average molecular weight is 221 g/mol. The van der Waals surface area contributed by atoms with Gasteiger partial charge in [0.2, 0.25) is 0 Å². The van der Waals surface area contributed by atoms with Gasteiger partial charge in [-0.15, -0.1) is 0 Å². The van der Waals surface area contributed by atoms with Crippen molar-refractivity contribution in [2.75, 3.05) is 0 Å². The minimum Gasteiger partial charge on any atom is -0.426 e. The van der Waals surface area contributed by atoms with Crippen LogP contribution in [-0.4, -0.2) is 11.1 Å². The first-order valence-electron chi connectivity index (χ1n) is 4.59. The molecule has 6 heteroatoms. The van der Waals surface area contributed by atoms with Gasteiger partial charge in [0, 0.05) is 17.4 Å². The first-order valence-corrected chi connectivity index (χ1v) is 4.59. The fraction of sp³-hybridized carbons (Fsp3) is 0.300. The van der Waals surface area contributed by atoms with Crippen LogP contribution in [0.5, 0.6) is 5.75 Å². The molecule has 6 nitrogen and oxygen atoms in total. The van der Waals surface area contributed by atoms with Crippen molar-refractivity contribution < 1.29 is 14.6 Å². The number of hydrogen-bond donors (Lipinski definition) is 1. The Labute approximate surface area is 92.1 Å². The average Bonchev–Trinajstić information content (AvgIpc) is 2.27. The van der Waals surface area contributed by atoms with E-state index in [-0.39, 0.29) is 13.2 Å². The second-order valence-corrected chi connectivity index (χ2v) is 3.08. The van der Waals surface area contributed by atoms with Gasteiger partial charge in [0.05, 0.1) is 13.2 Å². The minimum absolute atomic E-state index is 0.0763. The Morgan fingerprint density at radius 1 is 1.62 bits per heavy atom. The fourth-order valence-electron chi connectivity index (χ4n) is 1.22. The number of carbonyl (C=O) groups is 1. The van der Waals surface area contributed by atoms with Gasteiger partial charge in [-0.3, -0.25) is 4.79 Å². The third-order valence-electron chi connectivity index (χ3n) is 1.87. The van der Waals surface area contributed by atoms with Gasteiger partial charge in [-0.05, 0) is 23.2 Å². The molecule has 0 aliphatic rings. The molecule has 16 heavy (non-hydrogen) atoms. The predicted molar refractivity (Wildman–Crippen MR) is 56.5 cm³/mol. The molecule has 0 spiro atoms. The summed E-state index contributed by atoms with van der Waals surface area (Å²) in [5, 5.41) is 12.3. The molecule has 0 saturated heterocycles. The predicted octanol–water partition coefficient (Wildman–Crippen LogP) is 1.91. The van der Waals surface area contributed by atoms with Crippen LogP contribution in [0.3, 0.4) is 0 Å². The van der Waals surface area contributed by atoms with Gasteiger partial charge in [0.1, 0.15) is 5.75 Å². The molecular formula is C10H11N3O3. The summed E-state index contributed by atoms with van der Waals surface area (Å²) in [6, 6.07) is 4.83. The number of hydrogen-bond acceptors (Lipinski definition) is 4. The van der Waals surface area contributed by atoms with Crippen molar-refractivity contribution >= 4 is 5.97 Å². The number of azide groups is 1. The van der Waals surface area contributed by atoms with Crippen LogP contribution in [0.4, 0.5) is 0 Å². The second-order valence-electron chi connectivity index (χ2n) is 3.08. The molecule has 0 amide bonds. The van der Waals surface area contributed by atoms with Crippen LogP contribution in [0.2, 0.25) is 0 Å². The Hall–Kier alpha value is -2.04. The number of rotatable bonds is 4. The van der Waals surface area contributed by atoms with Crippen molar-refractivity contribution in [3.8, 4) is 5.75 Å². The van der Waals surface area contributed by atoms with Crippen molar-refractivity contribution in [2.45, 2.75) is 20.1 Å². The van der Waals surface area contributed by atoms with Crippen molar-refractivity contribution in [1.29, 1.82) is 0 Å². The maximum atomic E-state index is 10.8. The number of nitrogens with zero attached hydrogens (tertiary/aromatic N) is 3. The quantitative estimate of drug-likeness (QED) is 0.276. The van der Waals surface area contributed by atoms with Crippen LogP contribution in [0.1, 0.15) is 18.1 Å². The highest BCUT2D eigenvalue weighted by molar-refractivity contribution is 5.69. The van der Waals surface area contributed by atoms with Crippen molar-refractivity contribution in [3.05, 3.63) is 39.8 Å². The van der Waals surface area contributed by atoms with Crippen molar-refractivity contribution in [3.63, 3.8) is 0 Å². The molecule has 0 aliphatic heterocycles. The molecule has 1 aromatic carbocycles. The normalized spacial score (nSPS) is 9.38. The molecule has 1 N–H and O–H groups in total. The van der Waals surface area contributed by atoms with Gasteiger partial charge >= 0.3 is 5.97 Å². The van der Waals surface area contributed by atoms with Crippen molar-refractivity contribution in [2.24, 2.45) is 5.11 Å². The van der Waals surface area contributed by atoms with Crippen LogP contribution < -0.4 is 4.74 Å². The zero-order valence-corrected chi connectivity index (χ0v) is 8.75. The van der Waals surface area contributed by atoms with E-state index >= 15 is 0 Å². The van der Waals surface area contributed by atoms with E-state index in [0.717, 1.165) is 0 Å². The first kappa shape index (κ1) is 12.0. The lowest BCUT2D eigenvalue weighted by Crippen LogP contribution is -2.04.